The molecule has 3 amide bonds. The van der Waals surface area contributed by atoms with Gasteiger partial charge >= 0.3 is 6.09 Å². The molecule has 0 aliphatic rings. The van der Waals surface area contributed by atoms with E-state index in [-0.39, 0.29) is 16.9 Å². The molecule has 172 valence electrons. The van der Waals surface area contributed by atoms with Crippen LogP contribution in [0, 0.1) is 0 Å². The van der Waals surface area contributed by atoms with E-state index < -0.39 is 17.9 Å². The second-order valence-corrected chi connectivity index (χ2v) is 9.55. The molecule has 0 bridgehead atoms. The van der Waals surface area contributed by atoms with Gasteiger partial charge in [-0.05, 0) is 62.2 Å². The highest BCUT2D eigenvalue weighted by Gasteiger charge is 2.23. The van der Waals surface area contributed by atoms with Crippen molar-refractivity contribution >= 4 is 83.0 Å². The minimum absolute atomic E-state index is 0.0911. The van der Waals surface area contributed by atoms with Crippen LogP contribution in [0.5, 0.6) is 0 Å². The molecule has 0 radical (unpaired) electrons. The van der Waals surface area contributed by atoms with Crippen molar-refractivity contribution < 1.29 is 19.1 Å². The van der Waals surface area contributed by atoms with E-state index in [1.54, 1.807) is 36.7 Å². The lowest BCUT2D eigenvalue weighted by atomic mass is 10.1. The predicted octanol–water partition coefficient (Wildman–Crippen LogP) is 5.41. The van der Waals surface area contributed by atoms with Gasteiger partial charge in [-0.1, -0.05) is 27.5 Å². The molecule has 0 aliphatic carbocycles. The quantitative estimate of drug-likeness (QED) is 0.363. The van der Waals surface area contributed by atoms with E-state index in [4.69, 9.17) is 11.6 Å². The molecule has 0 fully saturated rings. The van der Waals surface area contributed by atoms with E-state index in [9.17, 15) is 14.4 Å². The van der Waals surface area contributed by atoms with Gasteiger partial charge in [0.2, 0.25) is 0 Å². The molecule has 13 heteroatoms. The zero-order valence-electron chi connectivity index (χ0n) is 17.0. The molecule has 3 rings (SSSR count). The Hall–Kier alpha value is -2.41. The first-order valence-corrected chi connectivity index (χ1v) is 11.8. The predicted molar refractivity (Wildman–Crippen MR) is 134 cm³/mol. The van der Waals surface area contributed by atoms with Crippen molar-refractivity contribution in [2.75, 3.05) is 19.5 Å². The zero-order valence-corrected chi connectivity index (χ0v) is 22.5. The van der Waals surface area contributed by atoms with Gasteiger partial charge in [0, 0.05) is 32.9 Å². The summed E-state index contributed by atoms with van der Waals surface area (Å²) in [5.74, 6) is -0.812. The maximum atomic E-state index is 13.2. The number of hydrazine groups is 1. The summed E-state index contributed by atoms with van der Waals surface area (Å²) in [7, 11) is 2.52. The average molecular weight is 665 g/mol. The highest BCUT2D eigenvalue weighted by molar-refractivity contribution is 9.11. The topological polar surface area (TPSA) is 106 Å². The smallest absolute Gasteiger partial charge is 0.428 e. The standard InChI is InChI=1S/C20H15Br3ClN5O4/c1-28(20(32)33-2)27-18(30)12-6-10(21)7-13(23)16(12)26-19(31)15-8-11(22)9-29(15)17-14(24)4-3-5-25-17/h3-9H,1-2H3,(H,26,31)(H,27,30). The molecule has 2 aromatic heterocycles. The number of hydrogen-bond acceptors (Lipinski definition) is 5. The van der Waals surface area contributed by atoms with Gasteiger partial charge in [-0.15, -0.1) is 0 Å². The van der Waals surface area contributed by atoms with E-state index in [0.29, 0.717) is 24.3 Å². The molecule has 0 saturated carbocycles. The summed E-state index contributed by atoms with van der Waals surface area (Å²) in [5.41, 5.74) is 2.89. The van der Waals surface area contributed by atoms with Crippen LogP contribution in [-0.2, 0) is 4.74 Å². The van der Waals surface area contributed by atoms with Crippen LogP contribution in [0.4, 0.5) is 10.5 Å². The van der Waals surface area contributed by atoms with Crippen LogP contribution in [-0.4, -0.2) is 46.6 Å². The van der Waals surface area contributed by atoms with E-state index in [2.05, 4.69) is 68.3 Å². The van der Waals surface area contributed by atoms with E-state index in [0.717, 1.165) is 5.01 Å². The zero-order chi connectivity index (χ0) is 24.3. The highest BCUT2D eigenvalue weighted by atomic mass is 79.9. The maximum absolute atomic E-state index is 13.2. The Morgan fingerprint density at radius 3 is 2.52 bits per heavy atom. The summed E-state index contributed by atoms with van der Waals surface area (Å²) >= 11 is 16.3. The second-order valence-electron chi connectivity index (χ2n) is 6.46. The number of nitrogens with zero attached hydrogens (tertiary/aromatic N) is 3. The normalized spacial score (nSPS) is 10.5. The Labute approximate surface area is 218 Å². The summed E-state index contributed by atoms with van der Waals surface area (Å²) in [6.07, 6.45) is 2.44. The van der Waals surface area contributed by atoms with Gasteiger partial charge < -0.3 is 10.1 Å². The first-order chi connectivity index (χ1) is 15.6. The lowest BCUT2D eigenvalue weighted by Gasteiger charge is -2.19. The van der Waals surface area contributed by atoms with Crippen LogP contribution in [0.15, 0.2) is 56.1 Å². The number of aromatic nitrogens is 2. The summed E-state index contributed by atoms with van der Waals surface area (Å²) < 4.78 is 7.74. The SMILES string of the molecule is COC(=O)N(C)NC(=O)c1cc(Br)cc(Br)c1NC(=O)c1cc(Br)cn1-c1ncccc1Cl. The van der Waals surface area contributed by atoms with Crippen LogP contribution >= 0.6 is 59.4 Å². The molecule has 0 atom stereocenters. The van der Waals surface area contributed by atoms with Crippen LogP contribution in [0.3, 0.4) is 0 Å². The minimum atomic E-state index is -0.766. The fraction of sp³-hybridized carbons (Fsp3) is 0.100. The van der Waals surface area contributed by atoms with E-state index in [1.807, 2.05) is 0 Å². The van der Waals surface area contributed by atoms with Gasteiger partial charge in [0.25, 0.3) is 11.8 Å². The molecule has 0 unspecified atom stereocenters. The largest absolute Gasteiger partial charge is 0.452 e. The lowest BCUT2D eigenvalue weighted by Crippen LogP contribution is -2.43. The summed E-state index contributed by atoms with van der Waals surface area (Å²) in [5, 5.41) is 3.98. The Morgan fingerprint density at radius 1 is 1.12 bits per heavy atom. The number of carbonyl (C=O) groups excluding carboxylic acids is 3. The van der Waals surface area contributed by atoms with Gasteiger partial charge in [0.05, 0.1) is 23.4 Å². The third-order valence-electron chi connectivity index (χ3n) is 4.24. The van der Waals surface area contributed by atoms with Crippen LogP contribution in [0.2, 0.25) is 5.02 Å². The molecule has 33 heavy (non-hydrogen) atoms. The molecule has 1 aromatic carbocycles. The summed E-state index contributed by atoms with van der Waals surface area (Å²) in [4.78, 5) is 42.0. The number of methoxy groups -OCH3 is 1. The van der Waals surface area contributed by atoms with Crippen molar-refractivity contribution in [3.63, 3.8) is 0 Å². The van der Waals surface area contributed by atoms with E-state index in [1.165, 1.54) is 24.8 Å². The maximum Gasteiger partial charge on any atom is 0.428 e. The van der Waals surface area contributed by atoms with Crippen LogP contribution in [0.25, 0.3) is 5.82 Å². The molecular formula is C20H15Br3ClN5O4. The highest BCUT2D eigenvalue weighted by Crippen LogP contribution is 2.32. The number of hydrogen-bond donors (Lipinski definition) is 2. The fourth-order valence-electron chi connectivity index (χ4n) is 2.79. The van der Waals surface area contributed by atoms with Gasteiger partial charge in [-0.25, -0.2) is 14.8 Å². The first kappa shape index (κ1) is 25.2. The third-order valence-corrected chi connectivity index (χ3v) is 6.05. The number of benzene rings is 1. The molecule has 0 saturated heterocycles. The van der Waals surface area contributed by atoms with Crippen molar-refractivity contribution in [2.24, 2.45) is 0 Å². The molecule has 2 N–H and O–H groups in total. The summed E-state index contributed by atoms with van der Waals surface area (Å²) in [6.45, 7) is 0. The number of pyridine rings is 1. The average Bonchev–Trinajstić information content (AvgIpc) is 3.16. The number of amides is 3. The Balaban J connectivity index is 1.98. The first-order valence-electron chi connectivity index (χ1n) is 9.04. The molecule has 0 aliphatic heterocycles. The third kappa shape index (κ3) is 5.75. The van der Waals surface area contributed by atoms with Crippen molar-refractivity contribution in [3.8, 4) is 5.82 Å². The molecule has 0 spiro atoms. The van der Waals surface area contributed by atoms with Crippen LogP contribution < -0.4 is 10.7 Å². The van der Waals surface area contributed by atoms with Crippen molar-refractivity contribution in [2.45, 2.75) is 0 Å². The number of halogens is 4. The van der Waals surface area contributed by atoms with Crippen molar-refractivity contribution in [3.05, 3.63) is 72.4 Å². The monoisotopic (exact) mass is 661 g/mol. The Kier molecular flexibility index (Phi) is 8.16. The number of rotatable bonds is 4. The number of ether oxygens (including phenoxy) is 1. The number of carbonyl (C=O) groups is 3. The van der Waals surface area contributed by atoms with Gasteiger partial charge in [0.1, 0.15) is 5.69 Å². The van der Waals surface area contributed by atoms with Gasteiger partial charge in [-0.3, -0.25) is 19.6 Å². The minimum Gasteiger partial charge on any atom is -0.452 e. The lowest BCUT2D eigenvalue weighted by molar-refractivity contribution is 0.0767. The van der Waals surface area contributed by atoms with E-state index >= 15 is 0 Å². The molecule has 2 heterocycles. The molecular weight excluding hydrogens is 649 g/mol. The Bertz CT molecular complexity index is 1250. The number of anilines is 1. The van der Waals surface area contributed by atoms with Gasteiger partial charge in [0.15, 0.2) is 5.82 Å². The van der Waals surface area contributed by atoms with Gasteiger partial charge in [-0.2, -0.15) is 0 Å². The van der Waals surface area contributed by atoms with Crippen molar-refractivity contribution in [1.82, 2.24) is 20.0 Å². The summed E-state index contributed by atoms with van der Waals surface area (Å²) in [6, 6.07) is 8.11. The van der Waals surface area contributed by atoms with Crippen LogP contribution in [0.1, 0.15) is 20.8 Å². The second kappa shape index (κ2) is 10.7. The van der Waals surface area contributed by atoms with Crippen molar-refractivity contribution in [1.29, 1.82) is 0 Å². The Morgan fingerprint density at radius 2 is 1.85 bits per heavy atom. The fourth-order valence-corrected chi connectivity index (χ4v) is 4.75. The molecule has 9 nitrogen and oxygen atoms in total. The molecule has 3 aromatic rings. The number of nitrogens with one attached hydrogen (secondary N) is 2.